The van der Waals surface area contributed by atoms with E-state index in [4.69, 9.17) is 18.6 Å². The van der Waals surface area contributed by atoms with Crippen molar-refractivity contribution in [2.45, 2.75) is 13.3 Å². The Morgan fingerprint density at radius 3 is 2.17 bits per heavy atom. The van der Waals surface area contributed by atoms with Gasteiger partial charge in [-0.2, -0.15) is 0 Å². The smallest absolute Gasteiger partial charge is 0.222 e. The molecule has 3 rings (SSSR count). The van der Waals surface area contributed by atoms with Crippen molar-refractivity contribution in [1.82, 2.24) is 4.98 Å². The molecule has 0 atom stereocenters. The molecule has 23 heavy (non-hydrogen) atoms. The van der Waals surface area contributed by atoms with Gasteiger partial charge in [0.2, 0.25) is 0 Å². The predicted molar refractivity (Wildman–Crippen MR) is 72.2 cm³/mol. The first kappa shape index (κ1) is 17.3. The lowest BCUT2D eigenvalue weighted by Gasteiger charge is -2.17. The molecule has 0 radical (unpaired) electrons. The zero-order valence-corrected chi connectivity index (χ0v) is 13.1. The summed E-state index contributed by atoms with van der Waals surface area (Å²) >= 11 is 0. The molecule has 0 unspecified atom stereocenters. The Hall–Kier alpha value is -2.09. The van der Waals surface area contributed by atoms with E-state index in [2.05, 4.69) is 36.2 Å². The average Bonchev–Trinajstić information content (AvgIpc) is 2.53. The van der Waals surface area contributed by atoms with Crippen LogP contribution in [0.3, 0.4) is 0 Å². The lowest BCUT2D eigenvalue weighted by Crippen LogP contribution is -2.68. The van der Waals surface area contributed by atoms with Crippen LogP contribution in [0.25, 0.3) is 16.9 Å². The van der Waals surface area contributed by atoms with E-state index >= 15 is 0 Å². The van der Waals surface area contributed by atoms with Gasteiger partial charge in [-0.05, 0) is 23.0 Å². The molecule has 0 N–H and O–H groups in total. The molecule has 0 aliphatic rings. The SMILES string of the molecule is CCc1ccc(-c2cc[n+]3ccccc3n2)cc1.[O-][Cl+3]([O-])([O-])[O-]. The van der Waals surface area contributed by atoms with Crippen molar-refractivity contribution >= 4 is 5.65 Å². The van der Waals surface area contributed by atoms with Crippen LogP contribution in [-0.2, 0) is 6.42 Å². The Bertz CT molecular complexity index is 767. The van der Waals surface area contributed by atoms with Crippen LogP contribution in [0.5, 0.6) is 0 Å². The van der Waals surface area contributed by atoms with Gasteiger partial charge in [0.25, 0.3) is 0 Å². The van der Waals surface area contributed by atoms with Crippen LogP contribution in [0.1, 0.15) is 12.5 Å². The van der Waals surface area contributed by atoms with Crippen molar-refractivity contribution in [1.29, 1.82) is 0 Å². The summed E-state index contributed by atoms with van der Waals surface area (Å²) in [6, 6.07) is 16.7. The highest BCUT2D eigenvalue weighted by Crippen LogP contribution is 2.17. The number of rotatable bonds is 2. The van der Waals surface area contributed by atoms with Crippen molar-refractivity contribution < 1.29 is 33.3 Å². The zero-order valence-electron chi connectivity index (χ0n) is 12.4. The number of hydrogen-bond donors (Lipinski definition) is 0. The predicted octanol–water partition coefficient (Wildman–Crippen LogP) is -1.71. The third kappa shape index (κ3) is 5.55. The van der Waals surface area contributed by atoms with Gasteiger partial charge in [-0.15, -0.1) is 10.2 Å². The molecule has 6 nitrogen and oxygen atoms in total. The molecular weight excluding hydrogens is 320 g/mol. The molecule has 2 aromatic heterocycles. The van der Waals surface area contributed by atoms with Crippen molar-refractivity contribution in [2.24, 2.45) is 0 Å². The first-order valence-corrected chi connectivity index (χ1v) is 8.08. The monoisotopic (exact) mass is 334 g/mol. The van der Waals surface area contributed by atoms with Gasteiger partial charge >= 0.3 is 5.65 Å². The van der Waals surface area contributed by atoms with E-state index in [0.29, 0.717) is 0 Å². The number of pyridine rings is 1. The summed E-state index contributed by atoms with van der Waals surface area (Å²) < 4.78 is 36.0. The number of fused-ring (bicyclic) bond motifs is 1. The van der Waals surface area contributed by atoms with Crippen LogP contribution in [0.15, 0.2) is 60.9 Å². The summed E-state index contributed by atoms with van der Waals surface area (Å²) in [5, 5.41) is 0. The minimum absolute atomic E-state index is 0.967. The number of aromatic nitrogens is 2. The van der Waals surface area contributed by atoms with Crippen LogP contribution in [0, 0.1) is 10.2 Å². The van der Waals surface area contributed by atoms with Crippen LogP contribution in [-0.4, -0.2) is 4.98 Å². The first-order chi connectivity index (χ1) is 10.9. The lowest BCUT2D eigenvalue weighted by molar-refractivity contribution is -2.00. The maximum Gasteiger partial charge on any atom is 0.328 e. The van der Waals surface area contributed by atoms with Crippen LogP contribution < -0.4 is 23.0 Å². The summed E-state index contributed by atoms with van der Waals surface area (Å²) in [4.78, 5) is 4.66. The molecule has 7 heteroatoms. The van der Waals surface area contributed by atoms with Crippen molar-refractivity contribution in [3.8, 4) is 11.3 Å². The number of hydrogen-bond acceptors (Lipinski definition) is 5. The summed E-state index contributed by atoms with van der Waals surface area (Å²) in [7, 11) is -4.94. The maximum absolute atomic E-state index is 8.49. The van der Waals surface area contributed by atoms with Gasteiger partial charge in [0, 0.05) is 17.7 Å². The van der Waals surface area contributed by atoms with Gasteiger partial charge in [-0.3, -0.25) is 0 Å². The van der Waals surface area contributed by atoms with Gasteiger partial charge in [0.15, 0.2) is 5.69 Å². The second kappa shape index (κ2) is 7.45. The standard InChI is InChI=1S/C16H15N2.ClHO4/c1-2-13-6-8-14(9-7-13)15-10-12-18-11-4-3-5-16(18)17-15;2-1(3,4)5/h3-12H,2H2,1H3;(H,2,3,4,5)/q+1;/p-1. The average molecular weight is 335 g/mol. The Balaban J connectivity index is 0.000000338. The molecule has 0 fully saturated rings. The highest BCUT2D eigenvalue weighted by atomic mass is 35.7. The Labute approximate surface area is 135 Å². The fourth-order valence-corrected chi connectivity index (χ4v) is 2.05. The lowest BCUT2D eigenvalue weighted by atomic mass is 10.1. The molecule has 0 bridgehead atoms. The molecule has 0 saturated heterocycles. The van der Waals surface area contributed by atoms with Crippen molar-refractivity contribution in [2.75, 3.05) is 0 Å². The minimum atomic E-state index is -4.94. The van der Waals surface area contributed by atoms with Gasteiger partial charge in [0.1, 0.15) is 6.20 Å². The summed E-state index contributed by atoms with van der Waals surface area (Å²) in [6.45, 7) is 2.17. The highest BCUT2D eigenvalue weighted by Gasteiger charge is 2.08. The van der Waals surface area contributed by atoms with E-state index in [1.54, 1.807) is 0 Å². The van der Waals surface area contributed by atoms with E-state index in [1.807, 2.05) is 41.1 Å². The molecule has 0 amide bonds. The number of halogens is 1. The molecule has 2 heterocycles. The van der Waals surface area contributed by atoms with Crippen LogP contribution in [0.4, 0.5) is 0 Å². The Morgan fingerprint density at radius 1 is 0.913 bits per heavy atom. The van der Waals surface area contributed by atoms with E-state index in [0.717, 1.165) is 17.8 Å². The van der Waals surface area contributed by atoms with E-state index < -0.39 is 10.2 Å². The van der Waals surface area contributed by atoms with Gasteiger partial charge in [-0.25, -0.2) is 23.0 Å². The molecule has 0 aliphatic carbocycles. The third-order valence-electron chi connectivity index (χ3n) is 3.15. The molecular formula is C16H15ClN2O4. The zero-order chi connectivity index (χ0) is 16.9. The van der Waals surface area contributed by atoms with Gasteiger partial charge in [-0.1, -0.05) is 37.3 Å². The normalized spacial score (nSPS) is 11.0. The molecule has 0 spiro atoms. The molecule has 0 aliphatic heterocycles. The van der Waals surface area contributed by atoms with E-state index in [1.165, 1.54) is 11.1 Å². The maximum atomic E-state index is 8.49. The summed E-state index contributed by atoms with van der Waals surface area (Å²) in [6.07, 6.45) is 5.12. The number of nitrogens with zero attached hydrogens (tertiary/aromatic N) is 2. The second-order valence-corrected chi connectivity index (χ2v) is 5.46. The molecule has 1 aromatic carbocycles. The van der Waals surface area contributed by atoms with Gasteiger partial charge < -0.3 is 0 Å². The molecule has 3 aromatic rings. The fraction of sp³-hybridized carbons (Fsp3) is 0.125. The van der Waals surface area contributed by atoms with Crippen molar-refractivity contribution in [3.63, 3.8) is 0 Å². The Morgan fingerprint density at radius 2 is 1.57 bits per heavy atom. The molecule has 120 valence electrons. The van der Waals surface area contributed by atoms with E-state index in [9.17, 15) is 0 Å². The topological polar surface area (TPSA) is 109 Å². The summed E-state index contributed by atoms with van der Waals surface area (Å²) in [5.41, 5.74) is 4.51. The number of benzene rings is 1. The molecule has 0 saturated carbocycles. The van der Waals surface area contributed by atoms with E-state index in [-0.39, 0.29) is 0 Å². The van der Waals surface area contributed by atoms with Gasteiger partial charge in [0.05, 0.1) is 6.20 Å². The van der Waals surface area contributed by atoms with Crippen LogP contribution >= 0.6 is 0 Å². The van der Waals surface area contributed by atoms with Crippen molar-refractivity contribution in [3.05, 3.63) is 66.5 Å². The third-order valence-corrected chi connectivity index (χ3v) is 3.15. The second-order valence-electron chi connectivity index (χ2n) is 4.71. The fourth-order valence-electron chi connectivity index (χ4n) is 2.05. The largest absolute Gasteiger partial charge is 0.328 e. The highest BCUT2D eigenvalue weighted by molar-refractivity contribution is 5.60. The first-order valence-electron chi connectivity index (χ1n) is 6.85. The quantitative estimate of drug-likeness (QED) is 0.519. The Kier molecular flexibility index (Phi) is 5.59. The summed E-state index contributed by atoms with van der Waals surface area (Å²) in [5.74, 6) is 0. The minimum Gasteiger partial charge on any atom is -0.222 e. The number of aryl methyl sites for hydroxylation is 1. The van der Waals surface area contributed by atoms with Crippen LogP contribution in [0.2, 0.25) is 0 Å².